The van der Waals surface area contributed by atoms with Crippen LogP contribution in [0, 0.1) is 0 Å². The molecule has 1 atom stereocenters. The molecule has 0 aromatic heterocycles. The molecule has 13 heavy (non-hydrogen) atoms. The van der Waals surface area contributed by atoms with Gasteiger partial charge in [0.25, 0.3) is 0 Å². The van der Waals surface area contributed by atoms with Crippen molar-refractivity contribution < 1.29 is 9.53 Å². The Labute approximate surface area is 85.8 Å². The van der Waals surface area contributed by atoms with E-state index in [1.807, 2.05) is 13.8 Å². The van der Waals surface area contributed by atoms with Gasteiger partial charge in [0.05, 0.1) is 13.3 Å². The third-order valence-corrected chi connectivity index (χ3v) is 1.45. The minimum absolute atomic E-state index is 0.121. The number of carbonyl (C=O) groups is 1. The highest BCUT2D eigenvalue weighted by Gasteiger charge is 2.11. The van der Waals surface area contributed by atoms with Gasteiger partial charge in [-0.1, -0.05) is 13.8 Å². The van der Waals surface area contributed by atoms with E-state index >= 15 is 0 Å². The molecule has 0 aliphatic heterocycles. The zero-order chi connectivity index (χ0) is 10.7. The average Bonchev–Trinajstić information content (AvgIpc) is 2.17. The normalized spacial score (nSPS) is 11.2. The lowest BCUT2D eigenvalue weighted by Gasteiger charge is -2.09. The Morgan fingerprint density at radius 3 is 2.46 bits per heavy atom. The lowest BCUT2D eigenvalue weighted by molar-refractivity contribution is -0.121. The standard InChI is InChI=1S/C6H14N2O2S.C2H6/c1-7-4-8-6(9)5(11)3-10-2;1-2/h5,7,11H,3-4H2,1-2H3,(H,8,9);1-2H3. The lowest BCUT2D eigenvalue weighted by Crippen LogP contribution is -2.38. The highest BCUT2D eigenvalue weighted by Crippen LogP contribution is 1.93. The van der Waals surface area contributed by atoms with E-state index in [4.69, 9.17) is 4.74 Å². The molecule has 0 heterocycles. The van der Waals surface area contributed by atoms with Gasteiger partial charge in [-0.3, -0.25) is 4.79 Å². The van der Waals surface area contributed by atoms with Crippen LogP contribution in [-0.2, 0) is 9.53 Å². The summed E-state index contributed by atoms with van der Waals surface area (Å²) in [4.78, 5) is 11.0. The summed E-state index contributed by atoms with van der Waals surface area (Å²) in [7, 11) is 3.29. The first kappa shape index (κ1) is 15.2. The van der Waals surface area contributed by atoms with Gasteiger partial charge in [-0.05, 0) is 7.05 Å². The van der Waals surface area contributed by atoms with Crippen molar-refractivity contribution in [3.8, 4) is 0 Å². The second-order valence-electron chi connectivity index (χ2n) is 2.04. The van der Waals surface area contributed by atoms with Crippen LogP contribution in [0.5, 0.6) is 0 Å². The van der Waals surface area contributed by atoms with Crippen molar-refractivity contribution in [2.75, 3.05) is 27.4 Å². The summed E-state index contributed by atoms with van der Waals surface area (Å²) in [6.45, 7) is 4.79. The number of methoxy groups -OCH3 is 1. The molecule has 0 aliphatic rings. The van der Waals surface area contributed by atoms with Crippen LogP contribution < -0.4 is 10.6 Å². The third-order valence-electron chi connectivity index (χ3n) is 1.07. The number of thiol groups is 1. The van der Waals surface area contributed by atoms with Gasteiger partial charge in [0, 0.05) is 7.11 Å². The summed E-state index contributed by atoms with van der Waals surface area (Å²) in [5.41, 5.74) is 0. The predicted octanol–water partition coefficient (Wildman–Crippen LogP) is 0.251. The van der Waals surface area contributed by atoms with E-state index in [0.717, 1.165) is 0 Å². The van der Waals surface area contributed by atoms with Crippen molar-refractivity contribution in [1.82, 2.24) is 10.6 Å². The first-order valence-corrected chi connectivity index (χ1v) is 4.83. The fourth-order valence-electron chi connectivity index (χ4n) is 0.527. The fraction of sp³-hybridized carbons (Fsp3) is 0.875. The molecule has 0 fully saturated rings. The van der Waals surface area contributed by atoms with E-state index in [-0.39, 0.29) is 11.2 Å². The number of nitrogens with one attached hydrogen (secondary N) is 2. The largest absolute Gasteiger partial charge is 0.383 e. The van der Waals surface area contributed by atoms with Gasteiger partial charge in [0.2, 0.25) is 5.91 Å². The molecule has 0 saturated heterocycles. The van der Waals surface area contributed by atoms with Crippen molar-refractivity contribution in [2.45, 2.75) is 19.1 Å². The number of rotatable bonds is 5. The van der Waals surface area contributed by atoms with E-state index in [1.54, 1.807) is 7.05 Å². The van der Waals surface area contributed by atoms with E-state index in [9.17, 15) is 4.79 Å². The molecule has 0 aromatic rings. The molecule has 5 heteroatoms. The highest BCUT2D eigenvalue weighted by atomic mass is 32.1. The molecular formula is C8H20N2O2S. The maximum absolute atomic E-state index is 11.0. The molecule has 0 rings (SSSR count). The monoisotopic (exact) mass is 208 g/mol. The molecule has 0 aliphatic carbocycles. The summed E-state index contributed by atoms with van der Waals surface area (Å²) in [5, 5.41) is 5.02. The van der Waals surface area contributed by atoms with Crippen molar-refractivity contribution in [3.63, 3.8) is 0 Å². The predicted molar refractivity (Wildman–Crippen MR) is 58.1 cm³/mol. The number of carbonyl (C=O) groups excluding carboxylic acids is 1. The van der Waals surface area contributed by atoms with E-state index in [2.05, 4.69) is 23.3 Å². The molecule has 0 radical (unpaired) electrons. The van der Waals surface area contributed by atoms with Crippen LogP contribution in [0.2, 0.25) is 0 Å². The van der Waals surface area contributed by atoms with Crippen LogP contribution in [0.25, 0.3) is 0 Å². The molecule has 0 spiro atoms. The number of ether oxygens (including phenoxy) is 1. The van der Waals surface area contributed by atoms with E-state index in [1.165, 1.54) is 7.11 Å². The zero-order valence-corrected chi connectivity index (χ0v) is 9.65. The van der Waals surface area contributed by atoms with Gasteiger partial charge in [-0.25, -0.2) is 0 Å². The van der Waals surface area contributed by atoms with Crippen LogP contribution in [-0.4, -0.2) is 38.6 Å². The van der Waals surface area contributed by atoms with Gasteiger partial charge in [-0.2, -0.15) is 12.6 Å². The Kier molecular flexibility index (Phi) is 13.7. The van der Waals surface area contributed by atoms with E-state index < -0.39 is 0 Å². The Morgan fingerprint density at radius 2 is 2.08 bits per heavy atom. The minimum Gasteiger partial charge on any atom is -0.383 e. The molecule has 1 amide bonds. The molecule has 80 valence electrons. The fourth-order valence-corrected chi connectivity index (χ4v) is 0.767. The second-order valence-corrected chi connectivity index (χ2v) is 2.67. The van der Waals surface area contributed by atoms with Gasteiger partial charge in [0.15, 0.2) is 0 Å². The number of amides is 1. The van der Waals surface area contributed by atoms with Crippen LogP contribution >= 0.6 is 12.6 Å². The van der Waals surface area contributed by atoms with Crippen LogP contribution in [0.4, 0.5) is 0 Å². The topological polar surface area (TPSA) is 50.4 Å². The Balaban J connectivity index is 0. The number of hydrogen-bond acceptors (Lipinski definition) is 4. The smallest absolute Gasteiger partial charge is 0.236 e. The summed E-state index contributed by atoms with van der Waals surface area (Å²) in [5.74, 6) is -0.121. The molecule has 1 unspecified atom stereocenters. The molecule has 4 nitrogen and oxygen atoms in total. The Hall–Kier alpha value is -0.260. The SMILES string of the molecule is CC.CNCNC(=O)C(S)COC. The molecule has 0 bridgehead atoms. The van der Waals surface area contributed by atoms with Gasteiger partial charge >= 0.3 is 0 Å². The third kappa shape index (κ3) is 9.66. The Bertz CT molecular complexity index is 123. The second kappa shape index (κ2) is 11.7. The maximum Gasteiger partial charge on any atom is 0.236 e. The summed E-state index contributed by atoms with van der Waals surface area (Å²) in [6, 6.07) is 0. The van der Waals surface area contributed by atoms with Crippen LogP contribution in [0.1, 0.15) is 13.8 Å². The summed E-state index contributed by atoms with van der Waals surface area (Å²) >= 11 is 4.01. The number of hydrogen-bond donors (Lipinski definition) is 3. The van der Waals surface area contributed by atoms with Crippen molar-refractivity contribution in [2.24, 2.45) is 0 Å². The van der Waals surface area contributed by atoms with Crippen molar-refractivity contribution in [1.29, 1.82) is 0 Å². The zero-order valence-electron chi connectivity index (χ0n) is 8.76. The van der Waals surface area contributed by atoms with Crippen LogP contribution in [0.15, 0.2) is 0 Å². The van der Waals surface area contributed by atoms with Gasteiger partial charge in [0.1, 0.15) is 5.25 Å². The molecular weight excluding hydrogens is 188 g/mol. The lowest BCUT2D eigenvalue weighted by atomic mass is 10.4. The molecule has 0 aromatic carbocycles. The minimum atomic E-state index is -0.381. The van der Waals surface area contributed by atoms with Crippen molar-refractivity contribution in [3.05, 3.63) is 0 Å². The molecule has 2 N–H and O–H groups in total. The Morgan fingerprint density at radius 1 is 1.54 bits per heavy atom. The van der Waals surface area contributed by atoms with Crippen molar-refractivity contribution >= 4 is 18.5 Å². The average molecular weight is 208 g/mol. The maximum atomic E-state index is 11.0. The van der Waals surface area contributed by atoms with Gasteiger partial charge < -0.3 is 15.4 Å². The highest BCUT2D eigenvalue weighted by molar-refractivity contribution is 7.81. The summed E-state index contributed by atoms with van der Waals surface area (Å²) in [6.07, 6.45) is 0. The summed E-state index contributed by atoms with van der Waals surface area (Å²) < 4.78 is 4.75. The van der Waals surface area contributed by atoms with Crippen LogP contribution in [0.3, 0.4) is 0 Å². The first-order chi connectivity index (χ1) is 6.22. The van der Waals surface area contributed by atoms with Gasteiger partial charge in [-0.15, -0.1) is 0 Å². The quantitative estimate of drug-likeness (QED) is 0.448. The van der Waals surface area contributed by atoms with E-state index in [0.29, 0.717) is 13.3 Å². The first-order valence-electron chi connectivity index (χ1n) is 4.31. The molecule has 0 saturated carbocycles.